The molecule has 0 fully saturated rings. The van der Waals surface area contributed by atoms with Crippen LogP contribution in [0.4, 0.5) is 5.82 Å². The fraction of sp³-hybridized carbons (Fsp3) is 0.353. The standard InChI is InChI=1S/C17H21ClN2S/c1-4-19-17-10-9-15(18)16(20-17)11-21-14-7-5-13(6-8-14)12(2)3/h5-10,12H,4,11H2,1-3H3,(H,19,20). The summed E-state index contributed by atoms with van der Waals surface area (Å²) in [5.74, 6) is 2.23. The maximum absolute atomic E-state index is 6.23. The number of thioether (sulfide) groups is 1. The second-order valence-electron chi connectivity index (χ2n) is 5.17. The number of hydrogen-bond acceptors (Lipinski definition) is 3. The second-order valence-corrected chi connectivity index (χ2v) is 6.62. The van der Waals surface area contributed by atoms with Crippen molar-refractivity contribution in [2.75, 3.05) is 11.9 Å². The molecule has 1 aromatic carbocycles. The zero-order valence-corrected chi connectivity index (χ0v) is 14.3. The van der Waals surface area contributed by atoms with E-state index < -0.39 is 0 Å². The molecule has 21 heavy (non-hydrogen) atoms. The molecule has 0 saturated heterocycles. The minimum absolute atomic E-state index is 0.567. The normalized spacial score (nSPS) is 10.9. The van der Waals surface area contributed by atoms with Crippen molar-refractivity contribution in [2.24, 2.45) is 0 Å². The number of halogens is 1. The van der Waals surface area contributed by atoms with E-state index in [0.717, 1.165) is 28.8 Å². The summed E-state index contributed by atoms with van der Waals surface area (Å²) in [6.07, 6.45) is 0. The summed E-state index contributed by atoms with van der Waals surface area (Å²) in [7, 11) is 0. The van der Waals surface area contributed by atoms with Crippen molar-refractivity contribution in [2.45, 2.75) is 37.3 Å². The highest BCUT2D eigenvalue weighted by Gasteiger charge is 2.06. The smallest absolute Gasteiger partial charge is 0.126 e. The predicted octanol–water partition coefficient (Wildman–Crippen LogP) is 5.58. The second kappa shape index (κ2) is 7.71. The molecule has 112 valence electrons. The van der Waals surface area contributed by atoms with E-state index in [0.29, 0.717) is 5.92 Å². The molecule has 0 saturated carbocycles. The van der Waals surface area contributed by atoms with E-state index in [1.165, 1.54) is 10.5 Å². The molecule has 0 radical (unpaired) electrons. The molecule has 2 nitrogen and oxygen atoms in total. The van der Waals surface area contributed by atoms with Crippen LogP contribution in [0.5, 0.6) is 0 Å². The monoisotopic (exact) mass is 320 g/mol. The van der Waals surface area contributed by atoms with Crippen LogP contribution in [0.1, 0.15) is 37.9 Å². The molecule has 0 atom stereocenters. The Morgan fingerprint density at radius 2 is 1.86 bits per heavy atom. The van der Waals surface area contributed by atoms with Crippen LogP contribution in [-0.2, 0) is 5.75 Å². The van der Waals surface area contributed by atoms with E-state index in [2.05, 4.69) is 55.3 Å². The molecule has 1 heterocycles. The summed E-state index contributed by atoms with van der Waals surface area (Å²) < 4.78 is 0. The van der Waals surface area contributed by atoms with E-state index in [1.807, 2.05) is 12.1 Å². The molecule has 0 bridgehead atoms. The lowest BCUT2D eigenvalue weighted by Gasteiger charge is -2.09. The maximum Gasteiger partial charge on any atom is 0.126 e. The Labute approximate surface area is 136 Å². The number of pyridine rings is 1. The van der Waals surface area contributed by atoms with Crippen molar-refractivity contribution in [3.8, 4) is 0 Å². The number of benzene rings is 1. The fourth-order valence-corrected chi connectivity index (χ4v) is 3.07. The van der Waals surface area contributed by atoms with Gasteiger partial charge in [-0.05, 0) is 42.7 Å². The van der Waals surface area contributed by atoms with Gasteiger partial charge in [-0.2, -0.15) is 0 Å². The summed E-state index contributed by atoms with van der Waals surface area (Å²) >= 11 is 7.99. The number of anilines is 1. The first-order valence-corrected chi connectivity index (χ1v) is 8.58. The molecule has 1 N–H and O–H groups in total. The quantitative estimate of drug-likeness (QED) is 0.703. The van der Waals surface area contributed by atoms with Crippen molar-refractivity contribution >= 4 is 29.2 Å². The Morgan fingerprint density at radius 1 is 1.14 bits per heavy atom. The van der Waals surface area contributed by atoms with Crippen LogP contribution >= 0.6 is 23.4 Å². The number of rotatable bonds is 6. The van der Waals surface area contributed by atoms with Crippen LogP contribution in [0.25, 0.3) is 0 Å². The van der Waals surface area contributed by atoms with Crippen LogP contribution in [0, 0.1) is 0 Å². The zero-order valence-electron chi connectivity index (χ0n) is 12.7. The fourth-order valence-electron chi connectivity index (χ4n) is 1.97. The molecule has 0 aliphatic carbocycles. The molecule has 0 aliphatic heterocycles. The van der Waals surface area contributed by atoms with Crippen LogP contribution in [-0.4, -0.2) is 11.5 Å². The SMILES string of the molecule is CCNc1ccc(Cl)c(CSc2ccc(C(C)C)cc2)n1. The topological polar surface area (TPSA) is 24.9 Å². The van der Waals surface area contributed by atoms with Gasteiger partial charge in [-0.1, -0.05) is 37.6 Å². The van der Waals surface area contributed by atoms with E-state index in [1.54, 1.807) is 11.8 Å². The summed E-state index contributed by atoms with van der Waals surface area (Å²) in [5.41, 5.74) is 2.29. The average Bonchev–Trinajstić information content (AvgIpc) is 2.48. The molecule has 1 aromatic heterocycles. The van der Waals surface area contributed by atoms with Crippen LogP contribution in [0.2, 0.25) is 5.02 Å². The number of nitrogens with one attached hydrogen (secondary N) is 1. The number of hydrogen-bond donors (Lipinski definition) is 1. The van der Waals surface area contributed by atoms with Gasteiger partial charge in [0, 0.05) is 17.2 Å². The van der Waals surface area contributed by atoms with E-state index in [-0.39, 0.29) is 0 Å². The van der Waals surface area contributed by atoms with Gasteiger partial charge in [-0.3, -0.25) is 0 Å². The Balaban J connectivity index is 2.03. The third-order valence-electron chi connectivity index (χ3n) is 3.20. The zero-order chi connectivity index (χ0) is 15.2. The summed E-state index contributed by atoms with van der Waals surface area (Å²) in [5, 5.41) is 3.94. The van der Waals surface area contributed by atoms with Crippen molar-refractivity contribution in [1.82, 2.24) is 4.98 Å². The number of aromatic nitrogens is 1. The highest BCUT2D eigenvalue weighted by atomic mass is 35.5. The summed E-state index contributed by atoms with van der Waals surface area (Å²) in [6.45, 7) is 7.33. The van der Waals surface area contributed by atoms with Gasteiger partial charge in [0.1, 0.15) is 5.82 Å². The van der Waals surface area contributed by atoms with Crippen molar-refractivity contribution < 1.29 is 0 Å². The lowest BCUT2D eigenvalue weighted by atomic mass is 10.0. The van der Waals surface area contributed by atoms with E-state index >= 15 is 0 Å². The van der Waals surface area contributed by atoms with Crippen molar-refractivity contribution in [1.29, 1.82) is 0 Å². The first-order valence-electron chi connectivity index (χ1n) is 7.22. The van der Waals surface area contributed by atoms with Gasteiger partial charge >= 0.3 is 0 Å². The third-order valence-corrected chi connectivity index (χ3v) is 4.57. The Morgan fingerprint density at radius 3 is 2.48 bits per heavy atom. The van der Waals surface area contributed by atoms with Crippen molar-refractivity contribution in [3.05, 3.63) is 52.7 Å². The van der Waals surface area contributed by atoms with Gasteiger partial charge in [0.05, 0.1) is 10.7 Å². The number of nitrogens with zero attached hydrogens (tertiary/aromatic N) is 1. The first-order chi connectivity index (χ1) is 10.1. The van der Waals surface area contributed by atoms with Gasteiger partial charge in [0.25, 0.3) is 0 Å². The van der Waals surface area contributed by atoms with E-state index in [9.17, 15) is 0 Å². The largest absolute Gasteiger partial charge is 0.370 e. The van der Waals surface area contributed by atoms with Gasteiger partial charge in [0.2, 0.25) is 0 Å². The molecular weight excluding hydrogens is 300 g/mol. The Bertz CT molecular complexity index is 582. The minimum Gasteiger partial charge on any atom is -0.370 e. The highest BCUT2D eigenvalue weighted by Crippen LogP contribution is 2.27. The Kier molecular flexibility index (Phi) is 5.95. The molecule has 4 heteroatoms. The minimum atomic E-state index is 0.567. The lowest BCUT2D eigenvalue weighted by Crippen LogP contribution is -2.01. The van der Waals surface area contributed by atoms with Crippen molar-refractivity contribution in [3.63, 3.8) is 0 Å². The first kappa shape index (κ1) is 16.2. The van der Waals surface area contributed by atoms with Gasteiger partial charge in [0.15, 0.2) is 0 Å². The summed E-state index contributed by atoms with van der Waals surface area (Å²) in [6, 6.07) is 12.5. The molecule has 0 aliphatic rings. The highest BCUT2D eigenvalue weighted by molar-refractivity contribution is 7.98. The summed E-state index contributed by atoms with van der Waals surface area (Å²) in [4.78, 5) is 5.80. The maximum atomic E-state index is 6.23. The lowest BCUT2D eigenvalue weighted by molar-refractivity contribution is 0.865. The molecule has 0 unspecified atom stereocenters. The Hall–Kier alpha value is -1.19. The van der Waals surface area contributed by atoms with Gasteiger partial charge in [-0.15, -0.1) is 11.8 Å². The van der Waals surface area contributed by atoms with Gasteiger partial charge < -0.3 is 5.32 Å². The average molecular weight is 321 g/mol. The molecule has 2 rings (SSSR count). The molecular formula is C17H21ClN2S. The molecule has 0 spiro atoms. The van der Waals surface area contributed by atoms with Crippen LogP contribution in [0.15, 0.2) is 41.3 Å². The van der Waals surface area contributed by atoms with Gasteiger partial charge in [-0.25, -0.2) is 4.98 Å². The van der Waals surface area contributed by atoms with E-state index in [4.69, 9.17) is 11.6 Å². The third kappa shape index (κ3) is 4.65. The molecule has 2 aromatic rings. The van der Waals surface area contributed by atoms with Crippen LogP contribution < -0.4 is 5.32 Å². The molecule has 0 amide bonds. The van der Waals surface area contributed by atoms with Crippen LogP contribution in [0.3, 0.4) is 0 Å². The predicted molar refractivity (Wildman–Crippen MR) is 93.5 cm³/mol.